The molecule has 0 aromatic carbocycles. The average Bonchev–Trinajstić information content (AvgIpc) is 2.71. The minimum absolute atomic E-state index is 0.120. The van der Waals surface area contributed by atoms with Gasteiger partial charge in [-0.2, -0.15) is 0 Å². The maximum atomic E-state index is 11.2. The number of carbonyl (C=O) groups is 2. The van der Waals surface area contributed by atoms with Crippen LogP contribution in [-0.4, -0.2) is 41.8 Å². The third-order valence-electron chi connectivity index (χ3n) is 1.77. The molecule has 9 heteroatoms. The zero-order chi connectivity index (χ0) is 13.4. The number of aliphatic carboxylic acids is 1. The van der Waals surface area contributed by atoms with Crippen LogP contribution in [-0.2, 0) is 16.1 Å². The van der Waals surface area contributed by atoms with Gasteiger partial charge in [0.05, 0.1) is 13.2 Å². The van der Waals surface area contributed by atoms with Crippen LogP contribution in [0.2, 0.25) is 0 Å². The lowest BCUT2D eigenvalue weighted by Gasteiger charge is -2.06. The highest BCUT2D eigenvalue weighted by atomic mass is 32.1. The molecule has 0 aliphatic rings. The van der Waals surface area contributed by atoms with Crippen LogP contribution in [0.4, 0.5) is 4.79 Å². The number of aromatic amines is 1. The first-order chi connectivity index (χ1) is 8.58. The number of nitrogens with one attached hydrogen (secondary N) is 3. The summed E-state index contributed by atoms with van der Waals surface area (Å²) in [7, 11) is 0. The van der Waals surface area contributed by atoms with Gasteiger partial charge in [-0.25, -0.2) is 9.59 Å². The Hall–Kier alpha value is -1.87. The van der Waals surface area contributed by atoms with Gasteiger partial charge in [-0.15, -0.1) is 0 Å². The van der Waals surface area contributed by atoms with Crippen molar-refractivity contribution < 1.29 is 19.4 Å². The standard InChI is InChI=1S/C9H13N3O5S/c13-7(14)4-17-2-1-10-8(15)11-3-6-5-18-9(16)12-6/h5H,1-4H2,(H,12,16)(H,13,14)(H2,10,11,15). The number of hydrogen-bond acceptors (Lipinski definition) is 5. The SMILES string of the molecule is O=C(O)COCCNC(=O)NCc1csc(=O)[nH]1. The van der Waals surface area contributed by atoms with Crippen LogP contribution in [0.25, 0.3) is 0 Å². The van der Waals surface area contributed by atoms with E-state index in [9.17, 15) is 14.4 Å². The fourth-order valence-electron chi connectivity index (χ4n) is 1.03. The quantitative estimate of drug-likeness (QED) is 0.492. The van der Waals surface area contributed by atoms with Crippen LogP contribution in [0.3, 0.4) is 0 Å². The van der Waals surface area contributed by atoms with E-state index in [2.05, 4.69) is 15.6 Å². The summed E-state index contributed by atoms with van der Waals surface area (Å²) < 4.78 is 4.72. The van der Waals surface area contributed by atoms with Gasteiger partial charge in [0.25, 0.3) is 0 Å². The summed E-state index contributed by atoms with van der Waals surface area (Å²) >= 11 is 1.02. The van der Waals surface area contributed by atoms with Crippen molar-refractivity contribution in [1.82, 2.24) is 15.6 Å². The summed E-state index contributed by atoms with van der Waals surface area (Å²) in [6, 6.07) is -0.416. The number of H-pyrrole nitrogens is 1. The Morgan fingerprint density at radius 2 is 2.22 bits per heavy atom. The molecule has 0 fully saturated rings. The number of amides is 2. The van der Waals surface area contributed by atoms with Gasteiger partial charge in [0, 0.05) is 17.6 Å². The molecule has 1 heterocycles. The summed E-state index contributed by atoms with van der Waals surface area (Å²) in [5.74, 6) is -1.05. The van der Waals surface area contributed by atoms with Gasteiger partial charge in [-0.3, -0.25) is 4.79 Å². The van der Waals surface area contributed by atoms with Gasteiger partial charge in [0.1, 0.15) is 6.61 Å². The number of carboxylic acids is 1. The van der Waals surface area contributed by atoms with Crippen LogP contribution in [0.5, 0.6) is 0 Å². The molecule has 1 aromatic heterocycles. The minimum Gasteiger partial charge on any atom is -0.480 e. The van der Waals surface area contributed by atoms with Crippen LogP contribution in [0.1, 0.15) is 5.69 Å². The lowest BCUT2D eigenvalue weighted by molar-refractivity contribution is -0.142. The largest absolute Gasteiger partial charge is 0.480 e. The molecular formula is C9H13N3O5S. The first kappa shape index (κ1) is 14.2. The van der Waals surface area contributed by atoms with Crippen molar-refractivity contribution >= 4 is 23.3 Å². The lowest BCUT2D eigenvalue weighted by Crippen LogP contribution is -2.37. The second-order valence-corrected chi connectivity index (χ2v) is 4.07. The van der Waals surface area contributed by atoms with Gasteiger partial charge in [0.2, 0.25) is 0 Å². The first-order valence-corrected chi connectivity index (χ1v) is 5.94. The number of ether oxygens (including phenoxy) is 1. The lowest BCUT2D eigenvalue weighted by atomic mass is 10.5. The Labute approximate surface area is 106 Å². The molecule has 0 saturated heterocycles. The van der Waals surface area contributed by atoms with Crippen molar-refractivity contribution in [3.8, 4) is 0 Å². The monoisotopic (exact) mass is 275 g/mol. The predicted molar refractivity (Wildman–Crippen MR) is 63.6 cm³/mol. The van der Waals surface area contributed by atoms with E-state index in [-0.39, 0.29) is 31.2 Å². The molecule has 0 aliphatic carbocycles. The highest BCUT2D eigenvalue weighted by Gasteiger charge is 2.02. The molecule has 0 saturated carbocycles. The molecule has 2 amide bonds. The molecule has 0 bridgehead atoms. The summed E-state index contributed by atoms with van der Waals surface area (Å²) in [6.45, 7) is 0.161. The Morgan fingerprint density at radius 1 is 1.44 bits per heavy atom. The van der Waals surface area contributed by atoms with Crippen molar-refractivity contribution in [3.05, 3.63) is 20.7 Å². The van der Waals surface area contributed by atoms with Crippen LogP contribution in [0.15, 0.2) is 10.2 Å². The summed E-state index contributed by atoms with van der Waals surface area (Å²) in [4.78, 5) is 34.5. The van der Waals surface area contributed by atoms with Gasteiger partial charge in [-0.05, 0) is 0 Å². The van der Waals surface area contributed by atoms with Crippen molar-refractivity contribution in [2.45, 2.75) is 6.54 Å². The fourth-order valence-corrected chi connectivity index (χ4v) is 1.62. The number of carboxylic acid groups (broad SMARTS) is 1. The molecule has 8 nitrogen and oxygen atoms in total. The second-order valence-electron chi connectivity index (χ2n) is 3.23. The van der Waals surface area contributed by atoms with Crippen LogP contribution in [0, 0.1) is 0 Å². The number of hydrogen-bond donors (Lipinski definition) is 4. The predicted octanol–water partition coefficient (Wildman–Crippen LogP) is -0.663. The number of aromatic nitrogens is 1. The molecule has 0 radical (unpaired) electrons. The van der Waals surface area contributed by atoms with Crippen molar-refractivity contribution in [1.29, 1.82) is 0 Å². The van der Waals surface area contributed by atoms with Gasteiger partial charge < -0.3 is 25.5 Å². The van der Waals surface area contributed by atoms with Crippen LogP contribution >= 0.6 is 11.3 Å². The van der Waals surface area contributed by atoms with Gasteiger partial charge >= 0.3 is 16.9 Å². The van der Waals surface area contributed by atoms with Crippen LogP contribution < -0.4 is 15.5 Å². The number of carbonyl (C=O) groups excluding carboxylic acids is 1. The van der Waals surface area contributed by atoms with E-state index in [0.717, 1.165) is 11.3 Å². The smallest absolute Gasteiger partial charge is 0.329 e. The second kappa shape index (κ2) is 7.45. The van der Waals surface area contributed by atoms with Crippen molar-refractivity contribution in [2.24, 2.45) is 0 Å². The van der Waals surface area contributed by atoms with E-state index in [1.54, 1.807) is 5.38 Å². The normalized spacial score (nSPS) is 10.0. The summed E-state index contributed by atoms with van der Waals surface area (Å²) in [5.41, 5.74) is 0.627. The number of rotatable bonds is 7. The van der Waals surface area contributed by atoms with E-state index in [1.165, 1.54) is 0 Å². The highest BCUT2D eigenvalue weighted by Crippen LogP contribution is 1.93. The van der Waals surface area contributed by atoms with E-state index >= 15 is 0 Å². The third kappa shape index (κ3) is 6.01. The first-order valence-electron chi connectivity index (χ1n) is 5.06. The maximum absolute atomic E-state index is 11.2. The minimum atomic E-state index is -1.05. The van der Waals surface area contributed by atoms with E-state index in [1.807, 2.05) is 0 Å². The van der Waals surface area contributed by atoms with E-state index < -0.39 is 12.0 Å². The summed E-state index contributed by atoms with van der Waals surface area (Å²) in [5, 5.41) is 14.9. The average molecular weight is 275 g/mol. The topological polar surface area (TPSA) is 121 Å². The van der Waals surface area contributed by atoms with Crippen molar-refractivity contribution in [2.75, 3.05) is 19.8 Å². The molecule has 0 unspecified atom stereocenters. The molecule has 100 valence electrons. The molecule has 18 heavy (non-hydrogen) atoms. The molecule has 1 aromatic rings. The van der Waals surface area contributed by atoms with E-state index in [0.29, 0.717) is 5.69 Å². The van der Waals surface area contributed by atoms with Gasteiger partial charge in [-0.1, -0.05) is 11.3 Å². The molecular weight excluding hydrogens is 262 g/mol. The number of thiazole rings is 1. The molecule has 1 rings (SSSR count). The molecule has 0 aliphatic heterocycles. The van der Waals surface area contributed by atoms with E-state index in [4.69, 9.17) is 9.84 Å². The number of urea groups is 1. The fraction of sp³-hybridized carbons (Fsp3) is 0.444. The van der Waals surface area contributed by atoms with Crippen molar-refractivity contribution in [3.63, 3.8) is 0 Å². The Bertz CT molecular complexity index is 455. The highest BCUT2D eigenvalue weighted by molar-refractivity contribution is 7.07. The molecule has 0 spiro atoms. The zero-order valence-corrected chi connectivity index (χ0v) is 10.2. The zero-order valence-electron chi connectivity index (χ0n) is 9.39. The summed E-state index contributed by atoms with van der Waals surface area (Å²) in [6.07, 6.45) is 0. The Balaban J connectivity index is 2.07. The third-order valence-corrected chi connectivity index (χ3v) is 2.49. The molecule has 0 atom stereocenters. The maximum Gasteiger partial charge on any atom is 0.329 e. The van der Waals surface area contributed by atoms with Gasteiger partial charge in [0.15, 0.2) is 0 Å². The Kier molecular flexibility index (Phi) is 5.88. The Morgan fingerprint density at radius 3 is 2.83 bits per heavy atom. The molecule has 4 N–H and O–H groups in total.